The number of pyridine rings is 1. The van der Waals surface area contributed by atoms with E-state index in [1.807, 2.05) is 20.0 Å². The van der Waals surface area contributed by atoms with E-state index in [4.69, 9.17) is 24.4 Å². The zero-order chi connectivity index (χ0) is 25.9. The molecular formula is C29H43N5O2. The highest BCUT2D eigenvalue weighted by Gasteiger charge is 2.17. The average molecular weight is 494 g/mol. The van der Waals surface area contributed by atoms with Gasteiger partial charge in [-0.3, -0.25) is 9.88 Å². The van der Waals surface area contributed by atoms with Crippen molar-refractivity contribution in [2.75, 3.05) is 57.4 Å². The molecule has 1 saturated heterocycles. The van der Waals surface area contributed by atoms with Gasteiger partial charge in [0.2, 0.25) is 0 Å². The Morgan fingerprint density at radius 2 is 1.69 bits per heavy atom. The Morgan fingerprint density at radius 3 is 2.36 bits per heavy atom. The maximum Gasteiger partial charge on any atom is 0.319 e. The minimum absolute atomic E-state index is 0.425. The van der Waals surface area contributed by atoms with Crippen molar-refractivity contribution in [3.8, 4) is 17.3 Å². The summed E-state index contributed by atoms with van der Waals surface area (Å²) >= 11 is 0. The first-order chi connectivity index (χ1) is 17.6. The van der Waals surface area contributed by atoms with Gasteiger partial charge in [0.05, 0.1) is 30.6 Å². The fourth-order valence-electron chi connectivity index (χ4n) is 4.31. The molecule has 1 aliphatic rings. The Labute approximate surface area is 216 Å². The number of nitrogens with zero attached hydrogens (tertiary/aromatic N) is 5. The second-order valence-electron chi connectivity index (χ2n) is 9.01. The van der Waals surface area contributed by atoms with Crippen LogP contribution in [0.5, 0.6) is 6.01 Å². The number of aryl methyl sites for hydroxylation is 2. The molecule has 196 valence electrons. The van der Waals surface area contributed by atoms with Gasteiger partial charge in [0.15, 0.2) is 0 Å². The molecule has 0 radical (unpaired) electrons. The molecule has 3 heterocycles. The summed E-state index contributed by atoms with van der Waals surface area (Å²) in [6.45, 7) is 19.4. The normalized spacial score (nSPS) is 13.8. The first-order valence-electron chi connectivity index (χ1n) is 13.5. The standard InChI is InChI=1S/C27H37N5O2.C2H6/c1-5-9-32(10-6-2)26-23-18-24(22-8-7-20(3)21(4)17-22)28-19-25(23)29-27(30-26)34-16-13-31-11-14-33-15-12-31;1-2/h7-8,17-19H,5-6,9-16H2,1-4H3;1-2H3. The number of rotatable bonds is 10. The van der Waals surface area contributed by atoms with Crippen LogP contribution in [0.1, 0.15) is 51.7 Å². The van der Waals surface area contributed by atoms with E-state index in [1.165, 1.54) is 11.1 Å². The summed E-state index contributed by atoms with van der Waals surface area (Å²) in [6.07, 6.45) is 3.96. The van der Waals surface area contributed by atoms with Crippen molar-refractivity contribution in [1.29, 1.82) is 0 Å². The Hall–Kier alpha value is -2.77. The number of ether oxygens (including phenoxy) is 2. The van der Waals surface area contributed by atoms with Crippen molar-refractivity contribution in [3.05, 3.63) is 41.6 Å². The number of fused-ring (bicyclic) bond motifs is 1. The van der Waals surface area contributed by atoms with E-state index >= 15 is 0 Å². The number of morpholine rings is 1. The van der Waals surface area contributed by atoms with Crippen LogP contribution < -0.4 is 9.64 Å². The van der Waals surface area contributed by atoms with Crippen LogP contribution >= 0.6 is 0 Å². The van der Waals surface area contributed by atoms with E-state index in [0.717, 1.165) is 86.8 Å². The molecule has 0 atom stereocenters. The summed E-state index contributed by atoms with van der Waals surface area (Å²) in [4.78, 5) is 19.1. The predicted molar refractivity (Wildman–Crippen MR) is 149 cm³/mol. The molecular weight excluding hydrogens is 450 g/mol. The number of aromatic nitrogens is 3. The summed E-state index contributed by atoms with van der Waals surface area (Å²) in [6, 6.07) is 9.04. The summed E-state index contributed by atoms with van der Waals surface area (Å²) < 4.78 is 11.5. The summed E-state index contributed by atoms with van der Waals surface area (Å²) in [5.41, 5.74) is 5.41. The highest BCUT2D eigenvalue weighted by atomic mass is 16.5. The van der Waals surface area contributed by atoms with Gasteiger partial charge in [-0.25, -0.2) is 0 Å². The Balaban J connectivity index is 0.00000176. The fraction of sp³-hybridized carbons (Fsp3) is 0.552. The molecule has 1 aliphatic heterocycles. The molecule has 0 spiro atoms. The molecule has 0 aliphatic carbocycles. The van der Waals surface area contributed by atoms with Crippen LogP contribution in [0.2, 0.25) is 0 Å². The van der Waals surface area contributed by atoms with E-state index in [1.54, 1.807) is 0 Å². The largest absolute Gasteiger partial charge is 0.462 e. The highest BCUT2D eigenvalue weighted by Crippen LogP contribution is 2.30. The quantitative estimate of drug-likeness (QED) is 0.360. The molecule has 1 aromatic carbocycles. The predicted octanol–water partition coefficient (Wildman–Crippen LogP) is 5.67. The van der Waals surface area contributed by atoms with Crippen LogP contribution in [0.25, 0.3) is 22.2 Å². The molecule has 36 heavy (non-hydrogen) atoms. The van der Waals surface area contributed by atoms with E-state index in [9.17, 15) is 0 Å². The van der Waals surface area contributed by atoms with Crippen LogP contribution in [0.4, 0.5) is 5.82 Å². The smallest absolute Gasteiger partial charge is 0.319 e. The Kier molecular flexibility index (Phi) is 10.9. The molecule has 4 rings (SSSR count). The van der Waals surface area contributed by atoms with E-state index in [0.29, 0.717) is 12.6 Å². The fourth-order valence-corrected chi connectivity index (χ4v) is 4.31. The molecule has 0 unspecified atom stereocenters. The SMILES string of the molecule is CC.CCCN(CCC)c1nc(OCCN2CCOCC2)nc2cnc(-c3ccc(C)c(C)c3)cc12. The van der Waals surface area contributed by atoms with Gasteiger partial charge in [0, 0.05) is 43.7 Å². The Bertz CT molecular complexity index is 1090. The minimum atomic E-state index is 0.425. The molecule has 7 nitrogen and oxygen atoms in total. The monoisotopic (exact) mass is 493 g/mol. The lowest BCUT2D eigenvalue weighted by atomic mass is 10.0. The molecule has 3 aromatic rings. The van der Waals surface area contributed by atoms with Crippen molar-refractivity contribution >= 4 is 16.7 Å². The molecule has 0 bridgehead atoms. The van der Waals surface area contributed by atoms with Gasteiger partial charge in [-0.1, -0.05) is 39.8 Å². The van der Waals surface area contributed by atoms with Gasteiger partial charge in [0.1, 0.15) is 12.4 Å². The third-order valence-corrected chi connectivity index (χ3v) is 6.37. The van der Waals surface area contributed by atoms with Gasteiger partial charge >= 0.3 is 6.01 Å². The van der Waals surface area contributed by atoms with E-state index < -0.39 is 0 Å². The lowest BCUT2D eigenvalue weighted by molar-refractivity contribution is 0.0317. The maximum atomic E-state index is 6.05. The zero-order valence-corrected chi connectivity index (χ0v) is 23.0. The molecule has 0 amide bonds. The number of hydrogen-bond donors (Lipinski definition) is 0. The minimum Gasteiger partial charge on any atom is -0.462 e. The summed E-state index contributed by atoms with van der Waals surface area (Å²) in [7, 11) is 0. The zero-order valence-electron chi connectivity index (χ0n) is 23.0. The lowest BCUT2D eigenvalue weighted by Crippen LogP contribution is -2.38. The van der Waals surface area contributed by atoms with Gasteiger partial charge in [-0.05, 0) is 49.9 Å². The molecule has 2 aromatic heterocycles. The molecule has 0 N–H and O–H groups in total. The third-order valence-electron chi connectivity index (χ3n) is 6.37. The van der Waals surface area contributed by atoms with Crippen molar-refractivity contribution in [2.24, 2.45) is 0 Å². The second kappa shape index (κ2) is 14.1. The first-order valence-corrected chi connectivity index (χ1v) is 13.5. The maximum absolute atomic E-state index is 6.05. The number of hydrogen-bond acceptors (Lipinski definition) is 7. The number of benzene rings is 1. The van der Waals surface area contributed by atoms with Crippen LogP contribution in [-0.4, -0.2) is 72.4 Å². The van der Waals surface area contributed by atoms with Gasteiger partial charge in [-0.2, -0.15) is 9.97 Å². The van der Waals surface area contributed by atoms with Crippen molar-refractivity contribution in [3.63, 3.8) is 0 Å². The van der Waals surface area contributed by atoms with Gasteiger partial charge < -0.3 is 14.4 Å². The van der Waals surface area contributed by atoms with Crippen LogP contribution in [-0.2, 0) is 4.74 Å². The van der Waals surface area contributed by atoms with Crippen molar-refractivity contribution in [1.82, 2.24) is 19.9 Å². The van der Waals surface area contributed by atoms with Crippen LogP contribution in [0.15, 0.2) is 30.5 Å². The van der Waals surface area contributed by atoms with E-state index in [-0.39, 0.29) is 0 Å². The Morgan fingerprint density at radius 1 is 0.972 bits per heavy atom. The van der Waals surface area contributed by atoms with Gasteiger partial charge in [-0.15, -0.1) is 0 Å². The third kappa shape index (κ3) is 7.14. The molecule has 1 fully saturated rings. The first kappa shape index (κ1) is 27.8. The van der Waals surface area contributed by atoms with Crippen LogP contribution in [0, 0.1) is 13.8 Å². The van der Waals surface area contributed by atoms with E-state index in [2.05, 4.69) is 61.8 Å². The molecule has 7 heteroatoms. The number of anilines is 1. The molecule has 0 saturated carbocycles. The van der Waals surface area contributed by atoms with Crippen molar-refractivity contribution < 1.29 is 9.47 Å². The highest BCUT2D eigenvalue weighted by molar-refractivity contribution is 5.92. The lowest BCUT2D eigenvalue weighted by Gasteiger charge is -2.26. The average Bonchev–Trinajstić information content (AvgIpc) is 2.91. The summed E-state index contributed by atoms with van der Waals surface area (Å²) in [5, 5.41) is 1.02. The van der Waals surface area contributed by atoms with Crippen molar-refractivity contribution in [2.45, 2.75) is 54.4 Å². The van der Waals surface area contributed by atoms with Gasteiger partial charge in [0.25, 0.3) is 0 Å². The topological polar surface area (TPSA) is 63.6 Å². The second-order valence-corrected chi connectivity index (χ2v) is 9.01. The van der Waals surface area contributed by atoms with Crippen LogP contribution in [0.3, 0.4) is 0 Å². The summed E-state index contributed by atoms with van der Waals surface area (Å²) in [5.74, 6) is 0.933.